The van der Waals surface area contributed by atoms with Crippen molar-refractivity contribution in [2.24, 2.45) is 0 Å². The van der Waals surface area contributed by atoms with Gasteiger partial charge in [0.15, 0.2) is 0 Å². The van der Waals surface area contributed by atoms with Gasteiger partial charge in [-0.3, -0.25) is 4.79 Å². The Kier molecular flexibility index (Phi) is 4.87. The lowest BCUT2D eigenvalue weighted by Gasteiger charge is -2.19. The van der Waals surface area contributed by atoms with Crippen molar-refractivity contribution in [2.75, 3.05) is 0 Å². The largest absolute Gasteiger partial charge is 0.348 e. The van der Waals surface area contributed by atoms with Crippen molar-refractivity contribution in [3.63, 3.8) is 0 Å². The van der Waals surface area contributed by atoms with Crippen LogP contribution in [0.25, 0.3) is 0 Å². The van der Waals surface area contributed by atoms with Crippen molar-refractivity contribution in [1.29, 1.82) is 0 Å². The molecule has 0 fully saturated rings. The van der Waals surface area contributed by atoms with Crippen LogP contribution in [0.2, 0.25) is 5.02 Å². The van der Waals surface area contributed by atoms with Crippen molar-refractivity contribution in [2.45, 2.75) is 32.7 Å². The van der Waals surface area contributed by atoms with Gasteiger partial charge in [0.2, 0.25) is 0 Å². The van der Waals surface area contributed by atoms with E-state index < -0.39 is 5.82 Å². The number of carbonyl (C=O) groups excluding carboxylic acids is 1. The Balaban J connectivity index is 2.01. The molecule has 2 nitrogen and oxygen atoms in total. The molecular formula is C18H19ClFNO. The molecule has 0 unspecified atom stereocenters. The predicted molar refractivity (Wildman–Crippen MR) is 87.7 cm³/mol. The second kappa shape index (κ2) is 6.49. The maximum atomic E-state index is 13.1. The molecule has 0 saturated heterocycles. The molecule has 1 amide bonds. The fraction of sp³-hybridized carbons (Fsp3) is 0.278. The highest BCUT2D eigenvalue weighted by atomic mass is 35.5. The quantitative estimate of drug-likeness (QED) is 0.872. The molecule has 2 aromatic carbocycles. The van der Waals surface area contributed by atoms with Crippen LogP contribution in [-0.2, 0) is 12.0 Å². The summed E-state index contributed by atoms with van der Waals surface area (Å²) in [6.45, 7) is 6.68. The lowest BCUT2D eigenvalue weighted by Crippen LogP contribution is -2.23. The molecule has 2 aromatic rings. The first-order chi connectivity index (χ1) is 10.3. The summed E-state index contributed by atoms with van der Waals surface area (Å²) >= 11 is 5.72. The number of amides is 1. The van der Waals surface area contributed by atoms with Gasteiger partial charge in [-0.2, -0.15) is 0 Å². The average molecular weight is 320 g/mol. The lowest BCUT2D eigenvalue weighted by molar-refractivity contribution is 0.0951. The first kappa shape index (κ1) is 16.5. The number of rotatable bonds is 3. The van der Waals surface area contributed by atoms with Crippen LogP contribution in [0.4, 0.5) is 4.39 Å². The van der Waals surface area contributed by atoms with Gasteiger partial charge in [0.1, 0.15) is 5.82 Å². The SMILES string of the molecule is CC(C)(C)c1ccc(C(=O)NCc2ccc(F)c(Cl)c2)cc1. The Morgan fingerprint density at radius 2 is 1.77 bits per heavy atom. The molecule has 0 aliphatic rings. The monoisotopic (exact) mass is 319 g/mol. The number of hydrogen-bond acceptors (Lipinski definition) is 1. The van der Waals surface area contributed by atoms with Gasteiger partial charge in [0.05, 0.1) is 5.02 Å². The van der Waals surface area contributed by atoms with Crippen molar-refractivity contribution < 1.29 is 9.18 Å². The molecule has 22 heavy (non-hydrogen) atoms. The summed E-state index contributed by atoms with van der Waals surface area (Å²) in [7, 11) is 0. The number of nitrogens with one attached hydrogen (secondary N) is 1. The first-order valence-electron chi connectivity index (χ1n) is 7.10. The number of hydrogen-bond donors (Lipinski definition) is 1. The number of benzene rings is 2. The van der Waals surface area contributed by atoms with Crippen LogP contribution in [0.3, 0.4) is 0 Å². The third-order valence-corrected chi connectivity index (χ3v) is 3.74. The van der Waals surface area contributed by atoms with E-state index in [1.54, 1.807) is 6.07 Å². The maximum Gasteiger partial charge on any atom is 0.251 e. The normalized spacial score (nSPS) is 11.3. The van der Waals surface area contributed by atoms with Crippen LogP contribution in [0, 0.1) is 5.82 Å². The fourth-order valence-corrected chi connectivity index (χ4v) is 2.26. The van der Waals surface area contributed by atoms with Crippen LogP contribution < -0.4 is 5.32 Å². The Labute approximate surface area is 135 Å². The van der Waals surface area contributed by atoms with Crippen LogP contribution in [0.5, 0.6) is 0 Å². The molecule has 116 valence electrons. The summed E-state index contributed by atoms with van der Waals surface area (Å²) in [6.07, 6.45) is 0. The standard InChI is InChI=1S/C18H19ClFNO/c1-18(2,3)14-7-5-13(6-8-14)17(22)21-11-12-4-9-16(20)15(19)10-12/h4-10H,11H2,1-3H3,(H,21,22). The van der Waals surface area contributed by atoms with Gasteiger partial charge in [-0.05, 0) is 40.8 Å². The van der Waals surface area contributed by atoms with Gasteiger partial charge in [0.25, 0.3) is 5.91 Å². The average Bonchev–Trinajstić information content (AvgIpc) is 2.47. The van der Waals surface area contributed by atoms with Gasteiger partial charge in [-0.1, -0.05) is 50.6 Å². The van der Waals surface area contributed by atoms with Gasteiger partial charge in [-0.25, -0.2) is 4.39 Å². The van der Waals surface area contributed by atoms with Crippen molar-refractivity contribution in [3.8, 4) is 0 Å². The molecule has 0 atom stereocenters. The highest BCUT2D eigenvalue weighted by Gasteiger charge is 2.14. The summed E-state index contributed by atoms with van der Waals surface area (Å²) in [6, 6.07) is 12.0. The Hall–Kier alpha value is -1.87. The molecule has 0 radical (unpaired) electrons. The highest BCUT2D eigenvalue weighted by molar-refractivity contribution is 6.30. The zero-order valence-corrected chi connectivity index (χ0v) is 13.7. The van der Waals surface area contributed by atoms with Crippen LogP contribution in [0.15, 0.2) is 42.5 Å². The van der Waals surface area contributed by atoms with Gasteiger partial charge in [0, 0.05) is 12.1 Å². The molecule has 0 aliphatic heterocycles. The van der Waals surface area contributed by atoms with E-state index in [1.807, 2.05) is 24.3 Å². The van der Waals surface area contributed by atoms with E-state index in [9.17, 15) is 9.18 Å². The summed E-state index contributed by atoms with van der Waals surface area (Å²) in [4.78, 5) is 12.1. The molecule has 0 aromatic heterocycles. The number of halogens is 2. The Morgan fingerprint density at radius 3 is 2.32 bits per heavy atom. The highest BCUT2D eigenvalue weighted by Crippen LogP contribution is 2.22. The van der Waals surface area contributed by atoms with E-state index in [0.717, 1.165) is 5.56 Å². The lowest BCUT2D eigenvalue weighted by atomic mass is 9.87. The summed E-state index contributed by atoms with van der Waals surface area (Å²) in [5.41, 5.74) is 2.58. The molecule has 0 bridgehead atoms. The third-order valence-electron chi connectivity index (χ3n) is 3.45. The molecule has 0 aliphatic carbocycles. The van der Waals surface area contributed by atoms with E-state index >= 15 is 0 Å². The van der Waals surface area contributed by atoms with Crippen LogP contribution in [0.1, 0.15) is 42.3 Å². The second-order valence-corrected chi connectivity index (χ2v) is 6.67. The van der Waals surface area contributed by atoms with E-state index in [2.05, 4.69) is 26.1 Å². The molecule has 0 spiro atoms. The zero-order chi connectivity index (χ0) is 16.3. The molecule has 0 saturated carbocycles. The minimum Gasteiger partial charge on any atom is -0.348 e. The van der Waals surface area contributed by atoms with E-state index in [0.29, 0.717) is 12.1 Å². The second-order valence-electron chi connectivity index (χ2n) is 6.26. The van der Waals surface area contributed by atoms with Crippen LogP contribution in [-0.4, -0.2) is 5.91 Å². The first-order valence-corrected chi connectivity index (χ1v) is 7.48. The van der Waals surface area contributed by atoms with Gasteiger partial charge < -0.3 is 5.32 Å². The minimum absolute atomic E-state index is 0.0554. The third kappa shape index (κ3) is 4.08. The minimum atomic E-state index is -0.463. The Morgan fingerprint density at radius 1 is 1.14 bits per heavy atom. The molecule has 2 rings (SSSR count). The topological polar surface area (TPSA) is 29.1 Å². The van der Waals surface area contributed by atoms with Crippen molar-refractivity contribution in [3.05, 3.63) is 70.0 Å². The summed E-state index contributed by atoms with van der Waals surface area (Å²) in [5.74, 6) is -0.629. The van der Waals surface area contributed by atoms with Gasteiger partial charge >= 0.3 is 0 Å². The fourth-order valence-electron chi connectivity index (χ4n) is 2.06. The van der Waals surface area contributed by atoms with Crippen molar-refractivity contribution >= 4 is 17.5 Å². The van der Waals surface area contributed by atoms with E-state index in [-0.39, 0.29) is 16.3 Å². The Bertz CT molecular complexity index is 674. The zero-order valence-electron chi connectivity index (χ0n) is 12.9. The van der Waals surface area contributed by atoms with Gasteiger partial charge in [-0.15, -0.1) is 0 Å². The molecule has 0 heterocycles. The molecule has 1 N–H and O–H groups in total. The summed E-state index contributed by atoms with van der Waals surface area (Å²) in [5, 5.41) is 2.86. The smallest absolute Gasteiger partial charge is 0.251 e. The van der Waals surface area contributed by atoms with Crippen LogP contribution >= 0.6 is 11.6 Å². The predicted octanol–water partition coefficient (Wildman–Crippen LogP) is 4.71. The number of carbonyl (C=O) groups is 1. The molecular weight excluding hydrogens is 301 g/mol. The van der Waals surface area contributed by atoms with E-state index in [4.69, 9.17) is 11.6 Å². The van der Waals surface area contributed by atoms with Crippen molar-refractivity contribution in [1.82, 2.24) is 5.32 Å². The maximum absolute atomic E-state index is 13.1. The summed E-state index contributed by atoms with van der Waals surface area (Å²) < 4.78 is 13.1. The van der Waals surface area contributed by atoms with E-state index in [1.165, 1.54) is 17.7 Å². The molecule has 4 heteroatoms.